The average molecular weight is 181 g/mol. The van der Waals surface area contributed by atoms with Crippen molar-refractivity contribution < 1.29 is 0 Å². The van der Waals surface area contributed by atoms with Crippen molar-refractivity contribution in [3.63, 3.8) is 0 Å². The molecule has 0 amide bonds. The third kappa shape index (κ3) is 1.69. The number of nitrogen functional groups attached to an aromatic ring is 1. The van der Waals surface area contributed by atoms with Gasteiger partial charge in [0, 0.05) is 0 Å². The summed E-state index contributed by atoms with van der Waals surface area (Å²) in [5.41, 5.74) is 5.31. The number of tetrazole rings is 1. The summed E-state index contributed by atoms with van der Waals surface area (Å²) in [6.07, 6.45) is 0. The molecule has 2 aromatic rings. The van der Waals surface area contributed by atoms with Crippen LogP contribution in [-0.2, 0) is 6.54 Å². The van der Waals surface area contributed by atoms with Gasteiger partial charge in [0.15, 0.2) is 5.82 Å². The predicted octanol–water partition coefficient (Wildman–Crippen LogP) is -1.49. The molecule has 2 aromatic heterocycles. The lowest BCUT2D eigenvalue weighted by Gasteiger charge is -1.93. The Labute approximate surface area is 72.1 Å². The van der Waals surface area contributed by atoms with Gasteiger partial charge in [-0.15, -0.1) is 15.3 Å². The molecule has 0 saturated heterocycles. The number of rotatable bonds is 3. The van der Waals surface area contributed by atoms with E-state index in [2.05, 4.69) is 41.1 Å². The van der Waals surface area contributed by atoms with Crippen LogP contribution < -0.4 is 11.1 Å². The predicted molar refractivity (Wildman–Crippen MR) is 42.3 cm³/mol. The van der Waals surface area contributed by atoms with Crippen LogP contribution in [0.2, 0.25) is 0 Å². The van der Waals surface area contributed by atoms with E-state index in [4.69, 9.17) is 5.73 Å². The zero-order valence-corrected chi connectivity index (χ0v) is 6.52. The van der Waals surface area contributed by atoms with E-state index in [9.17, 15) is 0 Å². The van der Waals surface area contributed by atoms with E-state index in [1.165, 1.54) is 0 Å². The van der Waals surface area contributed by atoms with Crippen molar-refractivity contribution in [2.75, 3.05) is 11.1 Å². The van der Waals surface area contributed by atoms with E-state index < -0.39 is 0 Å². The number of hydrogen-bond acceptors (Lipinski definition) is 7. The van der Waals surface area contributed by atoms with Crippen molar-refractivity contribution >= 4 is 11.9 Å². The maximum absolute atomic E-state index is 5.31. The summed E-state index contributed by atoms with van der Waals surface area (Å²) in [6.45, 7) is 0.397. The molecule has 0 fully saturated rings. The molecular formula is C4H7N9. The molecule has 0 spiro atoms. The Bertz CT molecular complexity index is 361. The molecule has 5 N–H and O–H groups in total. The molecule has 0 radical (unpaired) electrons. The highest BCUT2D eigenvalue weighted by molar-refractivity contribution is 5.29. The largest absolute Gasteiger partial charge is 0.368 e. The van der Waals surface area contributed by atoms with Crippen molar-refractivity contribution in [2.45, 2.75) is 6.54 Å². The fraction of sp³-hybridized carbons (Fsp3) is 0.250. The zero-order chi connectivity index (χ0) is 9.10. The molecular weight excluding hydrogens is 174 g/mol. The molecule has 13 heavy (non-hydrogen) atoms. The molecule has 2 heterocycles. The number of H-pyrrole nitrogens is 2. The van der Waals surface area contributed by atoms with Gasteiger partial charge in [0.25, 0.3) is 0 Å². The molecule has 0 unspecified atom stereocenters. The monoisotopic (exact) mass is 181 g/mol. The number of nitrogens with zero attached hydrogens (tertiary/aromatic N) is 5. The number of aromatic nitrogens is 7. The van der Waals surface area contributed by atoms with Crippen LogP contribution in [0.1, 0.15) is 5.82 Å². The van der Waals surface area contributed by atoms with Crippen molar-refractivity contribution in [1.29, 1.82) is 0 Å². The minimum absolute atomic E-state index is 0.260. The number of hydrogen-bond donors (Lipinski definition) is 4. The summed E-state index contributed by atoms with van der Waals surface area (Å²) in [5.74, 6) is 1.20. The smallest absolute Gasteiger partial charge is 0.244 e. The first-order valence-corrected chi connectivity index (χ1v) is 3.48. The summed E-state index contributed by atoms with van der Waals surface area (Å²) in [6, 6.07) is 0. The zero-order valence-electron chi connectivity index (χ0n) is 6.52. The van der Waals surface area contributed by atoms with E-state index >= 15 is 0 Å². The minimum Gasteiger partial charge on any atom is -0.368 e. The van der Waals surface area contributed by atoms with Crippen LogP contribution in [0.5, 0.6) is 0 Å². The maximum Gasteiger partial charge on any atom is 0.244 e. The molecule has 0 aliphatic heterocycles. The standard InChI is InChI=1S/C4H7N9/c5-3-7-4(11-10-3)6-1-2-8-12-13-9-2/h1H2,(H,8,9,12,13)(H4,5,6,7,10,11). The Kier molecular flexibility index (Phi) is 1.75. The van der Waals surface area contributed by atoms with E-state index in [0.29, 0.717) is 18.3 Å². The van der Waals surface area contributed by atoms with Crippen LogP contribution in [0, 0.1) is 0 Å². The lowest BCUT2D eigenvalue weighted by Crippen LogP contribution is -2.02. The molecule has 0 aliphatic carbocycles. The first kappa shape index (κ1) is 7.46. The molecule has 0 saturated carbocycles. The fourth-order valence-electron chi connectivity index (χ4n) is 0.769. The molecule has 0 aromatic carbocycles. The van der Waals surface area contributed by atoms with Gasteiger partial charge in [0.05, 0.1) is 6.54 Å². The average Bonchev–Trinajstić information content (AvgIpc) is 2.71. The third-order valence-electron chi connectivity index (χ3n) is 1.30. The van der Waals surface area contributed by atoms with E-state index in [0.717, 1.165) is 0 Å². The van der Waals surface area contributed by atoms with Crippen LogP contribution in [0.15, 0.2) is 0 Å². The summed E-state index contributed by atoms with van der Waals surface area (Å²) in [7, 11) is 0. The molecule has 68 valence electrons. The van der Waals surface area contributed by atoms with Gasteiger partial charge in [-0.2, -0.15) is 10.2 Å². The van der Waals surface area contributed by atoms with Gasteiger partial charge in [0.1, 0.15) is 0 Å². The number of anilines is 2. The van der Waals surface area contributed by atoms with Gasteiger partial charge in [-0.3, -0.25) is 0 Å². The highest BCUT2D eigenvalue weighted by atomic mass is 15.5. The van der Waals surface area contributed by atoms with Gasteiger partial charge in [-0.25, -0.2) is 5.10 Å². The third-order valence-corrected chi connectivity index (χ3v) is 1.30. The summed E-state index contributed by atoms with van der Waals surface area (Å²) < 4.78 is 0. The fourth-order valence-corrected chi connectivity index (χ4v) is 0.769. The van der Waals surface area contributed by atoms with Crippen LogP contribution >= 0.6 is 0 Å². The van der Waals surface area contributed by atoms with Crippen molar-refractivity contribution in [1.82, 2.24) is 35.8 Å². The van der Waals surface area contributed by atoms with Gasteiger partial charge in [-0.1, -0.05) is 5.21 Å². The molecule has 9 nitrogen and oxygen atoms in total. The molecule has 0 bridgehead atoms. The Balaban J connectivity index is 1.93. The van der Waals surface area contributed by atoms with E-state index in [1.807, 2.05) is 0 Å². The SMILES string of the molecule is Nc1nc(NCc2nn[nH]n2)n[nH]1. The lowest BCUT2D eigenvalue weighted by atomic mass is 10.6. The molecule has 0 aliphatic rings. The molecule has 0 atom stereocenters. The normalized spacial score (nSPS) is 10.2. The van der Waals surface area contributed by atoms with Crippen molar-refractivity contribution in [3.05, 3.63) is 5.82 Å². The van der Waals surface area contributed by atoms with Gasteiger partial charge >= 0.3 is 0 Å². The Morgan fingerprint density at radius 1 is 1.38 bits per heavy atom. The Morgan fingerprint density at radius 3 is 2.92 bits per heavy atom. The first-order chi connectivity index (χ1) is 6.34. The second-order valence-electron chi connectivity index (χ2n) is 2.23. The van der Waals surface area contributed by atoms with Crippen LogP contribution in [0.3, 0.4) is 0 Å². The second kappa shape index (κ2) is 3.05. The minimum atomic E-state index is 0.260. The topological polar surface area (TPSA) is 134 Å². The van der Waals surface area contributed by atoms with Crippen molar-refractivity contribution in [3.8, 4) is 0 Å². The van der Waals surface area contributed by atoms with Crippen LogP contribution in [-0.4, -0.2) is 35.8 Å². The van der Waals surface area contributed by atoms with E-state index in [1.54, 1.807) is 0 Å². The number of aromatic amines is 2. The second-order valence-corrected chi connectivity index (χ2v) is 2.23. The van der Waals surface area contributed by atoms with Crippen molar-refractivity contribution in [2.24, 2.45) is 0 Å². The quantitative estimate of drug-likeness (QED) is 0.453. The van der Waals surface area contributed by atoms with Gasteiger partial charge in [-0.05, 0) is 0 Å². The summed E-state index contributed by atoms with van der Waals surface area (Å²) >= 11 is 0. The van der Waals surface area contributed by atoms with Gasteiger partial charge in [0.2, 0.25) is 11.9 Å². The highest BCUT2D eigenvalue weighted by Gasteiger charge is 2.01. The Morgan fingerprint density at radius 2 is 2.31 bits per heavy atom. The summed E-state index contributed by atoms with van der Waals surface area (Å²) in [5, 5.41) is 22.3. The Hall–Kier alpha value is -2.19. The lowest BCUT2D eigenvalue weighted by molar-refractivity contribution is 0.881. The molecule has 2 rings (SSSR count). The number of nitrogens with two attached hydrogens (primary N) is 1. The maximum atomic E-state index is 5.31. The highest BCUT2D eigenvalue weighted by Crippen LogP contribution is 1.99. The first-order valence-electron chi connectivity index (χ1n) is 3.48. The molecule has 9 heteroatoms. The number of nitrogens with one attached hydrogen (secondary N) is 3. The summed E-state index contributed by atoms with van der Waals surface area (Å²) in [4.78, 5) is 3.82. The van der Waals surface area contributed by atoms with Gasteiger partial charge < -0.3 is 11.1 Å². The van der Waals surface area contributed by atoms with E-state index in [-0.39, 0.29) is 5.95 Å². The van der Waals surface area contributed by atoms with Crippen LogP contribution in [0.25, 0.3) is 0 Å². The van der Waals surface area contributed by atoms with Crippen LogP contribution in [0.4, 0.5) is 11.9 Å².